The number of hydrogen-bond donors (Lipinski definition) is 1. The lowest BCUT2D eigenvalue weighted by atomic mass is 9.75. The molecule has 6 rings (SSSR count). The Bertz CT molecular complexity index is 1730. The number of carbonyl (C=O) groups is 1. The summed E-state index contributed by atoms with van der Waals surface area (Å²) < 4.78 is 0. The van der Waals surface area contributed by atoms with Gasteiger partial charge in [-0.15, -0.1) is 0 Å². The minimum Gasteiger partial charge on any atom is -0.364 e. The first-order valence-electron chi connectivity index (χ1n) is 13.0. The van der Waals surface area contributed by atoms with E-state index in [9.17, 15) is 14.9 Å². The number of Topliss-reactive ketones (excluding diaryl/α,β-unsaturated/α-hetero) is 1. The Morgan fingerprint density at radius 1 is 0.974 bits per heavy atom. The zero-order valence-electron chi connectivity index (χ0n) is 21.4. The van der Waals surface area contributed by atoms with Crippen LogP contribution in [0.1, 0.15) is 45.0 Å². The highest BCUT2D eigenvalue weighted by atomic mass is 16.6. The molecule has 1 heterocycles. The molecule has 3 aromatic rings. The molecule has 0 saturated heterocycles. The van der Waals surface area contributed by atoms with Gasteiger partial charge in [-0.3, -0.25) is 14.9 Å². The summed E-state index contributed by atoms with van der Waals surface area (Å²) in [5.74, 6) is -0.518. The van der Waals surface area contributed by atoms with Crippen molar-refractivity contribution in [3.05, 3.63) is 133 Å². The maximum absolute atomic E-state index is 13.9. The van der Waals surface area contributed by atoms with Gasteiger partial charge in [0.1, 0.15) is 0 Å². The average molecular weight is 501 g/mol. The molecule has 0 fully saturated rings. The fourth-order valence-electron chi connectivity index (χ4n) is 6.02. The number of aryl methyl sites for hydroxylation is 2. The van der Waals surface area contributed by atoms with Crippen LogP contribution in [0.4, 0.5) is 5.69 Å². The first-order chi connectivity index (χ1) is 18.4. The van der Waals surface area contributed by atoms with E-state index in [1.54, 1.807) is 19.1 Å². The standard InChI is InChI=1S/C33H28N2O3/c1-20-7-6-8-25-24(20)12-13-27-26(25)14-15-28-29(27)17-23(18-30(28)31-9-4-3-5-16-34-31)33(36)22-11-10-21(2)32(19-22)35(37)38/h3-11,13-17,19,23,30,34H,12,18H2,1-2H3. The lowest BCUT2D eigenvalue weighted by molar-refractivity contribution is -0.385. The van der Waals surface area contributed by atoms with Crippen LogP contribution < -0.4 is 15.8 Å². The molecule has 188 valence electrons. The van der Waals surface area contributed by atoms with E-state index >= 15 is 0 Å². The second kappa shape index (κ2) is 9.42. The molecule has 0 amide bonds. The second-order valence-corrected chi connectivity index (χ2v) is 10.2. The van der Waals surface area contributed by atoms with Crippen molar-refractivity contribution >= 4 is 23.6 Å². The summed E-state index contributed by atoms with van der Waals surface area (Å²) in [4.78, 5) is 25.0. The number of benzene rings is 3. The number of nitro benzene ring substituents is 1. The van der Waals surface area contributed by atoms with E-state index < -0.39 is 10.8 Å². The molecule has 1 N–H and O–H groups in total. The zero-order valence-corrected chi connectivity index (χ0v) is 21.4. The minimum atomic E-state index is -0.418. The third kappa shape index (κ3) is 4.01. The van der Waals surface area contributed by atoms with Crippen molar-refractivity contribution < 1.29 is 9.72 Å². The highest BCUT2D eigenvalue weighted by Crippen LogP contribution is 2.36. The number of rotatable bonds is 4. The molecule has 2 atom stereocenters. The second-order valence-electron chi connectivity index (χ2n) is 10.2. The van der Waals surface area contributed by atoms with Crippen molar-refractivity contribution in [3.63, 3.8) is 0 Å². The maximum Gasteiger partial charge on any atom is 0.273 e. The lowest BCUT2D eigenvalue weighted by Crippen LogP contribution is -2.40. The van der Waals surface area contributed by atoms with Gasteiger partial charge in [0.2, 0.25) is 0 Å². The smallest absolute Gasteiger partial charge is 0.273 e. The fourth-order valence-corrected chi connectivity index (χ4v) is 6.02. The van der Waals surface area contributed by atoms with Crippen molar-refractivity contribution in [1.29, 1.82) is 0 Å². The quantitative estimate of drug-likeness (QED) is 0.290. The highest BCUT2D eigenvalue weighted by Gasteiger charge is 2.31. The monoisotopic (exact) mass is 500 g/mol. The van der Waals surface area contributed by atoms with Gasteiger partial charge in [-0.1, -0.05) is 66.8 Å². The van der Waals surface area contributed by atoms with E-state index in [1.807, 2.05) is 24.4 Å². The largest absolute Gasteiger partial charge is 0.364 e. The summed E-state index contributed by atoms with van der Waals surface area (Å²) in [5, 5.41) is 17.2. The Morgan fingerprint density at radius 3 is 2.68 bits per heavy atom. The van der Waals surface area contributed by atoms with Crippen LogP contribution in [0, 0.1) is 29.9 Å². The zero-order chi connectivity index (χ0) is 26.4. The normalized spacial score (nSPS) is 18.9. The Kier molecular flexibility index (Phi) is 5.91. The first kappa shape index (κ1) is 23.9. The van der Waals surface area contributed by atoms with E-state index in [2.05, 4.69) is 60.8 Å². The number of nitrogens with one attached hydrogen (secondary N) is 1. The van der Waals surface area contributed by atoms with Crippen molar-refractivity contribution in [2.24, 2.45) is 5.92 Å². The van der Waals surface area contributed by atoms with E-state index in [-0.39, 0.29) is 17.4 Å². The first-order valence-corrected chi connectivity index (χ1v) is 13.0. The third-order valence-electron chi connectivity index (χ3n) is 8.01. The molecule has 0 saturated carbocycles. The topological polar surface area (TPSA) is 72.2 Å². The van der Waals surface area contributed by atoms with Gasteiger partial charge in [-0.2, -0.15) is 0 Å². The van der Waals surface area contributed by atoms with Gasteiger partial charge in [0.25, 0.3) is 5.69 Å². The molecule has 5 heteroatoms. The van der Waals surface area contributed by atoms with Crippen LogP contribution in [0.2, 0.25) is 0 Å². The molecule has 5 nitrogen and oxygen atoms in total. The van der Waals surface area contributed by atoms with Crippen molar-refractivity contribution in [3.8, 4) is 11.1 Å². The van der Waals surface area contributed by atoms with Gasteiger partial charge in [0.05, 0.1) is 4.92 Å². The average Bonchev–Trinajstić information content (AvgIpc) is 3.21. The fraction of sp³-hybridized carbons (Fsp3) is 0.182. The molecule has 2 unspecified atom stereocenters. The molecule has 3 aromatic carbocycles. The summed E-state index contributed by atoms with van der Waals surface area (Å²) in [6.07, 6.45) is 15.7. The van der Waals surface area contributed by atoms with Gasteiger partial charge in [-0.25, -0.2) is 0 Å². The van der Waals surface area contributed by atoms with E-state index in [0.29, 0.717) is 17.5 Å². The SMILES string of the molecule is Cc1ccc(C(=O)C2C=c3c(ccc4c3=CCc3c(C)cccc3-4)C(C3=CC=CC=CN3)C2)cc1[N+](=O)[O-]. The van der Waals surface area contributed by atoms with Crippen LogP contribution in [-0.4, -0.2) is 10.7 Å². The molecule has 0 radical (unpaired) electrons. The Morgan fingerprint density at radius 2 is 1.84 bits per heavy atom. The van der Waals surface area contributed by atoms with Crippen LogP contribution in [0.5, 0.6) is 0 Å². The van der Waals surface area contributed by atoms with Crippen LogP contribution in [0.3, 0.4) is 0 Å². The van der Waals surface area contributed by atoms with Gasteiger partial charge >= 0.3 is 0 Å². The molecule has 0 bridgehead atoms. The van der Waals surface area contributed by atoms with Gasteiger partial charge in [-0.05, 0) is 77.1 Å². The Balaban J connectivity index is 1.53. The van der Waals surface area contributed by atoms with Gasteiger partial charge in [0, 0.05) is 40.9 Å². The van der Waals surface area contributed by atoms with Crippen LogP contribution in [-0.2, 0) is 6.42 Å². The molecule has 38 heavy (non-hydrogen) atoms. The van der Waals surface area contributed by atoms with Gasteiger partial charge in [0.15, 0.2) is 5.78 Å². The van der Waals surface area contributed by atoms with Crippen molar-refractivity contribution in [2.45, 2.75) is 32.6 Å². The highest BCUT2D eigenvalue weighted by molar-refractivity contribution is 6.02. The summed E-state index contributed by atoms with van der Waals surface area (Å²) in [6.45, 7) is 3.84. The number of ketones is 1. The summed E-state index contributed by atoms with van der Waals surface area (Å²) in [7, 11) is 0. The van der Waals surface area contributed by atoms with Crippen LogP contribution >= 0.6 is 0 Å². The minimum absolute atomic E-state index is 0.0191. The Labute approximate surface area is 221 Å². The number of nitro groups is 1. The van der Waals surface area contributed by atoms with Crippen molar-refractivity contribution in [1.82, 2.24) is 5.32 Å². The predicted octanol–water partition coefficient (Wildman–Crippen LogP) is 5.54. The van der Waals surface area contributed by atoms with Gasteiger partial charge < -0.3 is 5.32 Å². The molecular weight excluding hydrogens is 472 g/mol. The summed E-state index contributed by atoms with van der Waals surface area (Å²) >= 11 is 0. The predicted molar refractivity (Wildman–Crippen MR) is 151 cm³/mol. The maximum atomic E-state index is 13.9. The van der Waals surface area contributed by atoms with E-state index in [0.717, 1.165) is 17.3 Å². The summed E-state index contributed by atoms with van der Waals surface area (Å²) in [5.41, 5.74) is 8.18. The number of fused-ring (bicyclic) bond motifs is 5. The Hall–Kier alpha value is -4.51. The lowest BCUT2D eigenvalue weighted by Gasteiger charge is -2.30. The molecule has 0 spiro atoms. The molecule has 0 aromatic heterocycles. The molecule has 1 aliphatic heterocycles. The number of carbonyl (C=O) groups excluding carboxylic acids is 1. The van der Waals surface area contributed by atoms with Crippen molar-refractivity contribution in [2.75, 3.05) is 0 Å². The van der Waals surface area contributed by atoms with Crippen LogP contribution in [0.15, 0.2) is 84.7 Å². The number of hydrogen-bond acceptors (Lipinski definition) is 4. The van der Waals surface area contributed by atoms with Crippen LogP contribution in [0.25, 0.3) is 23.3 Å². The number of nitrogens with zero attached hydrogens (tertiary/aromatic N) is 1. The van der Waals surface area contributed by atoms with E-state index in [4.69, 9.17) is 0 Å². The number of allylic oxidation sites excluding steroid dienone is 5. The van der Waals surface area contributed by atoms with E-state index in [1.165, 1.54) is 39.1 Å². The molecular formula is C33H28N2O3. The molecule has 2 aliphatic carbocycles. The third-order valence-corrected chi connectivity index (χ3v) is 8.01. The summed E-state index contributed by atoms with van der Waals surface area (Å²) in [6, 6.07) is 15.7. The molecule has 3 aliphatic rings.